The van der Waals surface area contributed by atoms with Gasteiger partial charge in [0.1, 0.15) is 5.69 Å². The molecule has 0 atom stereocenters. The molecule has 0 saturated carbocycles. The predicted molar refractivity (Wildman–Crippen MR) is 102 cm³/mol. The van der Waals surface area contributed by atoms with Gasteiger partial charge in [0.25, 0.3) is 11.8 Å². The first kappa shape index (κ1) is 18.2. The molecule has 1 N–H and O–H groups in total. The van der Waals surface area contributed by atoms with E-state index < -0.39 is 0 Å². The zero-order chi connectivity index (χ0) is 18.5. The highest BCUT2D eigenvalue weighted by molar-refractivity contribution is 6.05. The zero-order valence-electron chi connectivity index (χ0n) is 15.5. The van der Waals surface area contributed by atoms with Crippen LogP contribution in [-0.2, 0) is 13.0 Å². The van der Waals surface area contributed by atoms with Gasteiger partial charge in [0.2, 0.25) is 5.82 Å². The number of carbonyl (C=O) groups excluding carboxylic acids is 2. The smallest absolute Gasteiger partial charge is 0.294 e. The molecule has 0 spiro atoms. The van der Waals surface area contributed by atoms with E-state index in [9.17, 15) is 9.59 Å². The lowest BCUT2D eigenvalue weighted by Crippen LogP contribution is -2.33. The fourth-order valence-corrected chi connectivity index (χ4v) is 3.38. The number of aromatic nitrogens is 2. The lowest BCUT2D eigenvalue weighted by Gasteiger charge is -2.22. The summed E-state index contributed by atoms with van der Waals surface area (Å²) < 4.78 is 1.94. The van der Waals surface area contributed by atoms with Gasteiger partial charge in [-0.25, -0.2) is 4.98 Å². The SMILES string of the molecule is CCCNC(=O)c1nc(C(=O)N(CC)c2ccccc2)n2c1CCCC2. The quantitative estimate of drug-likeness (QED) is 0.867. The van der Waals surface area contributed by atoms with Crippen LogP contribution >= 0.6 is 0 Å². The summed E-state index contributed by atoms with van der Waals surface area (Å²) in [5, 5.41) is 2.89. The van der Waals surface area contributed by atoms with E-state index in [1.54, 1.807) is 4.90 Å². The van der Waals surface area contributed by atoms with Gasteiger partial charge in [0.05, 0.1) is 5.69 Å². The molecule has 2 amide bonds. The van der Waals surface area contributed by atoms with Crippen molar-refractivity contribution in [1.82, 2.24) is 14.9 Å². The zero-order valence-corrected chi connectivity index (χ0v) is 15.5. The van der Waals surface area contributed by atoms with Crippen LogP contribution in [0.1, 0.15) is 59.9 Å². The first-order chi connectivity index (χ1) is 12.7. The minimum Gasteiger partial charge on any atom is -0.351 e. The van der Waals surface area contributed by atoms with Crippen molar-refractivity contribution in [3.63, 3.8) is 0 Å². The number of hydrogen-bond donors (Lipinski definition) is 1. The normalized spacial score (nSPS) is 13.2. The van der Waals surface area contributed by atoms with Crippen molar-refractivity contribution in [3.8, 4) is 0 Å². The Hall–Kier alpha value is -2.63. The van der Waals surface area contributed by atoms with Crippen molar-refractivity contribution in [2.75, 3.05) is 18.0 Å². The Labute approximate surface area is 154 Å². The molecule has 1 aromatic carbocycles. The van der Waals surface area contributed by atoms with Crippen LogP contribution in [0.4, 0.5) is 5.69 Å². The average Bonchev–Trinajstić information content (AvgIpc) is 3.07. The molecule has 2 aromatic rings. The lowest BCUT2D eigenvalue weighted by molar-refractivity contribution is 0.0947. The number of fused-ring (bicyclic) bond motifs is 1. The van der Waals surface area contributed by atoms with Crippen LogP contribution in [0.15, 0.2) is 30.3 Å². The van der Waals surface area contributed by atoms with E-state index in [1.165, 1.54) is 0 Å². The van der Waals surface area contributed by atoms with Crippen LogP contribution in [0.25, 0.3) is 0 Å². The third-order valence-corrected chi connectivity index (χ3v) is 4.69. The summed E-state index contributed by atoms with van der Waals surface area (Å²) in [6.45, 7) is 5.84. The largest absolute Gasteiger partial charge is 0.351 e. The molecule has 0 bridgehead atoms. The van der Waals surface area contributed by atoms with Crippen molar-refractivity contribution >= 4 is 17.5 Å². The molecule has 0 fully saturated rings. The summed E-state index contributed by atoms with van der Waals surface area (Å²) in [6, 6.07) is 9.58. The van der Waals surface area contributed by atoms with Gasteiger partial charge >= 0.3 is 0 Å². The van der Waals surface area contributed by atoms with Crippen molar-refractivity contribution < 1.29 is 9.59 Å². The molecule has 1 aliphatic rings. The van der Waals surface area contributed by atoms with Crippen LogP contribution in [0.2, 0.25) is 0 Å². The Bertz CT molecular complexity index is 783. The van der Waals surface area contributed by atoms with E-state index in [2.05, 4.69) is 10.3 Å². The third-order valence-electron chi connectivity index (χ3n) is 4.69. The molecule has 0 saturated heterocycles. The predicted octanol–water partition coefficient (Wildman–Crippen LogP) is 3.03. The molecule has 1 aromatic heterocycles. The number of amides is 2. The summed E-state index contributed by atoms with van der Waals surface area (Å²) in [4.78, 5) is 31.9. The molecule has 6 nitrogen and oxygen atoms in total. The molecule has 2 heterocycles. The van der Waals surface area contributed by atoms with Crippen LogP contribution in [0, 0.1) is 0 Å². The Morgan fingerprint density at radius 3 is 2.65 bits per heavy atom. The maximum Gasteiger partial charge on any atom is 0.294 e. The standard InChI is InChI=1S/C20H26N4O2/c1-3-13-21-19(25)17-16-12-8-9-14-24(16)18(22-17)20(26)23(4-2)15-10-6-5-7-11-15/h5-7,10-11H,3-4,8-9,12-14H2,1-2H3,(H,21,25). The van der Waals surface area contributed by atoms with E-state index in [1.807, 2.05) is 48.7 Å². The summed E-state index contributed by atoms with van der Waals surface area (Å²) in [7, 11) is 0. The second-order valence-corrected chi connectivity index (χ2v) is 6.48. The topological polar surface area (TPSA) is 67.2 Å². The fraction of sp³-hybridized carbons (Fsp3) is 0.450. The minimum atomic E-state index is -0.181. The Kier molecular flexibility index (Phi) is 5.71. The number of anilines is 1. The number of nitrogens with zero attached hydrogens (tertiary/aromatic N) is 3. The van der Waals surface area contributed by atoms with E-state index in [-0.39, 0.29) is 11.8 Å². The Morgan fingerprint density at radius 2 is 1.96 bits per heavy atom. The van der Waals surface area contributed by atoms with Crippen LogP contribution < -0.4 is 10.2 Å². The average molecular weight is 354 g/mol. The Balaban J connectivity index is 1.97. The van der Waals surface area contributed by atoms with Gasteiger partial charge in [0, 0.05) is 25.3 Å². The molecule has 3 rings (SSSR count). The number of nitrogens with one attached hydrogen (secondary N) is 1. The van der Waals surface area contributed by atoms with Gasteiger partial charge in [-0.15, -0.1) is 0 Å². The molecule has 138 valence electrons. The first-order valence-electron chi connectivity index (χ1n) is 9.41. The van der Waals surface area contributed by atoms with Crippen LogP contribution in [-0.4, -0.2) is 34.5 Å². The van der Waals surface area contributed by atoms with Gasteiger partial charge < -0.3 is 14.8 Å². The lowest BCUT2D eigenvalue weighted by atomic mass is 10.1. The molecule has 0 aliphatic carbocycles. The van der Waals surface area contributed by atoms with E-state index in [4.69, 9.17) is 0 Å². The maximum absolute atomic E-state index is 13.2. The molecule has 6 heteroatoms. The second-order valence-electron chi connectivity index (χ2n) is 6.48. The second kappa shape index (κ2) is 8.17. The molecule has 0 unspecified atom stereocenters. The number of carbonyl (C=O) groups is 2. The number of rotatable bonds is 6. The number of imidazole rings is 1. The van der Waals surface area contributed by atoms with Crippen molar-refractivity contribution in [2.45, 2.75) is 46.1 Å². The summed E-state index contributed by atoms with van der Waals surface area (Å²) in [5.41, 5.74) is 2.13. The summed E-state index contributed by atoms with van der Waals surface area (Å²) in [6.07, 6.45) is 3.67. The van der Waals surface area contributed by atoms with Crippen molar-refractivity contribution in [2.24, 2.45) is 0 Å². The minimum absolute atomic E-state index is 0.156. The molecular formula is C20H26N4O2. The van der Waals surface area contributed by atoms with Gasteiger partial charge in [-0.05, 0) is 44.7 Å². The Morgan fingerprint density at radius 1 is 1.19 bits per heavy atom. The van der Waals surface area contributed by atoms with E-state index in [0.29, 0.717) is 24.6 Å². The third kappa shape index (κ3) is 3.49. The summed E-state index contributed by atoms with van der Waals surface area (Å²) >= 11 is 0. The number of para-hydroxylation sites is 1. The molecule has 26 heavy (non-hydrogen) atoms. The monoisotopic (exact) mass is 354 g/mol. The summed E-state index contributed by atoms with van der Waals surface area (Å²) in [5.74, 6) is 0.0303. The molecule has 0 radical (unpaired) electrons. The first-order valence-corrected chi connectivity index (χ1v) is 9.41. The van der Waals surface area contributed by atoms with Gasteiger partial charge in [0.15, 0.2) is 0 Å². The highest BCUT2D eigenvalue weighted by atomic mass is 16.2. The van der Waals surface area contributed by atoms with E-state index >= 15 is 0 Å². The maximum atomic E-state index is 13.2. The van der Waals surface area contributed by atoms with Crippen LogP contribution in [0.5, 0.6) is 0 Å². The van der Waals surface area contributed by atoms with E-state index in [0.717, 1.165) is 43.6 Å². The molecular weight excluding hydrogens is 328 g/mol. The molecule has 1 aliphatic heterocycles. The highest BCUT2D eigenvalue weighted by Crippen LogP contribution is 2.24. The fourth-order valence-electron chi connectivity index (χ4n) is 3.38. The van der Waals surface area contributed by atoms with Gasteiger partial charge in [-0.3, -0.25) is 9.59 Å². The van der Waals surface area contributed by atoms with Crippen molar-refractivity contribution in [3.05, 3.63) is 47.5 Å². The number of benzene rings is 1. The van der Waals surface area contributed by atoms with Crippen molar-refractivity contribution in [1.29, 1.82) is 0 Å². The van der Waals surface area contributed by atoms with Gasteiger partial charge in [-0.1, -0.05) is 25.1 Å². The number of hydrogen-bond acceptors (Lipinski definition) is 3. The van der Waals surface area contributed by atoms with Crippen LogP contribution in [0.3, 0.4) is 0 Å². The highest BCUT2D eigenvalue weighted by Gasteiger charge is 2.29. The van der Waals surface area contributed by atoms with Gasteiger partial charge in [-0.2, -0.15) is 0 Å².